The van der Waals surface area contributed by atoms with Gasteiger partial charge in [0.2, 0.25) is 0 Å². The molecule has 0 aliphatic heterocycles. The van der Waals surface area contributed by atoms with Crippen LogP contribution in [0.5, 0.6) is 0 Å². The molecule has 0 fully saturated rings. The summed E-state index contributed by atoms with van der Waals surface area (Å²) < 4.78 is 0. The van der Waals surface area contributed by atoms with E-state index in [0.717, 1.165) is 12.8 Å². The second-order valence-corrected chi connectivity index (χ2v) is 14.1. The molecule has 4 aromatic rings. The standard InChI is InChI=1S/C44H60/c1-11-17-31-32(18-12-2)34(20-14-4)42-26-44-36(22-16-6)40-24-38-30(10)28(8)27(7)29(9)37(38)23-39(40)35(21-15-5)43(44)25-41(42)33(31)19-13-3/h25-26H,11-24H2,1-10H3. The van der Waals surface area contributed by atoms with E-state index in [2.05, 4.69) is 81.4 Å². The lowest BCUT2D eigenvalue weighted by atomic mass is 9.73. The SMILES string of the molecule is CCCc1c(CCC)c(CCC)c2cc3c(CCC)c4c(c(CCC)c3cc2c1CCC)Cc1c(C)c(C)c(C)c(C)c1C4. The van der Waals surface area contributed by atoms with Crippen LogP contribution in [0.15, 0.2) is 12.1 Å². The predicted octanol–water partition coefficient (Wildman–Crippen LogP) is 12.4. The third-order valence-corrected chi connectivity index (χ3v) is 11.3. The van der Waals surface area contributed by atoms with Crippen LogP contribution in [0, 0.1) is 27.7 Å². The molecule has 0 nitrogen and oxygen atoms in total. The molecule has 1 aliphatic rings. The van der Waals surface area contributed by atoms with Crippen molar-refractivity contribution >= 4 is 21.5 Å². The number of fused-ring (bicyclic) bond motifs is 4. The maximum atomic E-state index is 2.72. The van der Waals surface area contributed by atoms with Gasteiger partial charge in [0, 0.05) is 0 Å². The zero-order valence-corrected chi connectivity index (χ0v) is 30.1. The van der Waals surface area contributed by atoms with Gasteiger partial charge >= 0.3 is 0 Å². The summed E-state index contributed by atoms with van der Waals surface area (Å²) in [4.78, 5) is 0. The topological polar surface area (TPSA) is 0 Å². The molecule has 1 aliphatic carbocycles. The fourth-order valence-corrected chi connectivity index (χ4v) is 8.95. The van der Waals surface area contributed by atoms with Gasteiger partial charge in [-0.3, -0.25) is 0 Å². The van der Waals surface area contributed by atoms with Crippen LogP contribution in [0.3, 0.4) is 0 Å². The second kappa shape index (κ2) is 13.8. The van der Waals surface area contributed by atoms with Crippen LogP contribution in [-0.2, 0) is 51.4 Å². The van der Waals surface area contributed by atoms with E-state index < -0.39 is 0 Å². The molecule has 0 aromatic heterocycles. The van der Waals surface area contributed by atoms with Crippen molar-refractivity contribution in [3.63, 3.8) is 0 Å². The first-order chi connectivity index (χ1) is 21.3. The van der Waals surface area contributed by atoms with Crippen LogP contribution >= 0.6 is 0 Å². The van der Waals surface area contributed by atoms with Gasteiger partial charge in [-0.2, -0.15) is 0 Å². The minimum Gasteiger partial charge on any atom is -0.0651 e. The Kier molecular flexibility index (Phi) is 10.3. The maximum absolute atomic E-state index is 2.72. The summed E-state index contributed by atoms with van der Waals surface area (Å²) in [6.07, 6.45) is 16.7. The first-order valence-electron chi connectivity index (χ1n) is 18.4. The summed E-state index contributed by atoms with van der Waals surface area (Å²) in [6.45, 7) is 23.8. The summed E-state index contributed by atoms with van der Waals surface area (Å²) in [7, 11) is 0. The van der Waals surface area contributed by atoms with Crippen molar-refractivity contribution in [2.75, 3.05) is 0 Å². The van der Waals surface area contributed by atoms with Crippen LogP contribution < -0.4 is 0 Å². The summed E-state index contributed by atoms with van der Waals surface area (Å²) in [5.41, 5.74) is 22.8. The molecule has 236 valence electrons. The molecular weight excluding hydrogens is 528 g/mol. The molecule has 0 spiro atoms. The van der Waals surface area contributed by atoms with Crippen molar-refractivity contribution in [3.05, 3.63) is 90.0 Å². The van der Waals surface area contributed by atoms with Gasteiger partial charge in [-0.1, -0.05) is 80.1 Å². The molecule has 0 saturated carbocycles. The first-order valence-corrected chi connectivity index (χ1v) is 18.4. The monoisotopic (exact) mass is 588 g/mol. The molecule has 0 unspecified atom stereocenters. The number of aryl methyl sites for hydroxylation is 4. The van der Waals surface area contributed by atoms with Crippen LogP contribution in [0.2, 0.25) is 0 Å². The lowest BCUT2D eigenvalue weighted by molar-refractivity contribution is 0.810. The molecule has 0 heteroatoms. The van der Waals surface area contributed by atoms with Gasteiger partial charge in [-0.05, 0) is 191 Å². The predicted molar refractivity (Wildman–Crippen MR) is 196 cm³/mol. The van der Waals surface area contributed by atoms with Gasteiger partial charge in [0.05, 0.1) is 0 Å². The van der Waals surface area contributed by atoms with E-state index in [-0.39, 0.29) is 0 Å². The Morgan fingerprint density at radius 1 is 0.341 bits per heavy atom. The van der Waals surface area contributed by atoms with Crippen molar-refractivity contribution in [2.24, 2.45) is 0 Å². The highest BCUT2D eigenvalue weighted by Gasteiger charge is 2.28. The average molecular weight is 589 g/mol. The Bertz CT molecular complexity index is 1570. The zero-order chi connectivity index (χ0) is 31.7. The molecule has 0 heterocycles. The molecule has 0 N–H and O–H groups in total. The molecule has 0 atom stereocenters. The molecule has 44 heavy (non-hydrogen) atoms. The number of rotatable bonds is 12. The number of benzene rings is 4. The second-order valence-electron chi connectivity index (χ2n) is 14.1. The van der Waals surface area contributed by atoms with Crippen molar-refractivity contribution in [1.82, 2.24) is 0 Å². The van der Waals surface area contributed by atoms with Gasteiger partial charge in [-0.15, -0.1) is 0 Å². The van der Waals surface area contributed by atoms with Crippen molar-refractivity contribution < 1.29 is 0 Å². The fraction of sp³-hybridized carbons (Fsp3) is 0.545. The Hall–Kier alpha value is -2.60. The van der Waals surface area contributed by atoms with Crippen LogP contribution in [0.25, 0.3) is 21.5 Å². The van der Waals surface area contributed by atoms with E-state index >= 15 is 0 Å². The van der Waals surface area contributed by atoms with E-state index in [1.807, 2.05) is 0 Å². The van der Waals surface area contributed by atoms with Gasteiger partial charge in [0.15, 0.2) is 0 Å². The van der Waals surface area contributed by atoms with Gasteiger partial charge in [0.25, 0.3) is 0 Å². The van der Waals surface area contributed by atoms with Crippen molar-refractivity contribution in [3.8, 4) is 0 Å². The normalized spacial score (nSPS) is 12.8. The summed E-state index contributed by atoms with van der Waals surface area (Å²) in [5.74, 6) is 0. The van der Waals surface area contributed by atoms with E-state index in [9.17, 15) is 0 Å². The Morgan fingerprint density at radius 2 is 0.614 bits per heavy atom. The van der Waals surface area contributed by atoms with Gasteiger partial charge < -0.3 is 0 Å². The minimum absolute atomic E-state index is 1.11. The fourth-order valence-electron chi connectivity index (χ4n) is 8.95. The number of hydrogen-bond donors (Lipinski definition) is 0. The maximum Gasteiger partial charge on any atom is -0.00142 e. The van der Waals surface area contributed by atoms with Crippen LogP contribution in [-0.4, -0.2) is 0 Å². The largest absolute Gasteiger partial charge is 0.0651 e. The average Bonchev–Trinajstić information content (AvgIpc) is 3.02. The third kappa shape index (κ3) is 5.43. The molecule has 0 radical (unpaired) electrons. The van der Waals surface area contributed by atoms with Crippen molar-refractivity contribution in [2.45, 2.75) is 159 Å². The van der Waals surface area contributed by atoms with Crippen molar-refractivity contribution in [1.29, 1.82) is 0 Å². The number of hydrogen-bond acceptors (Lipinski definition) is 0. The lowest BCUT2D eigenvalue weighted by Gasteiger charge is -2.32. The Morgan fingerprint density at radius 3 is 0.932 bits per heavy atom. The zero-order valence-electron chi connectivity index (χ0n) is 30.1. The molecular formula is C44H60. The lowest BCUT2D eigenvalue weighted by Crippen LogP contribution is -2.18. The molecule has 0 saturated heterocycles. The van der Waals surface area contributed by atoms with E-state index in [0.29, 0.717) is 0 Å². The van der Waals surface area contributed by atoms with Crippen LogP contribution in [0.1, 0.15) is 158 Å². The Balaban J connectivity index is 1.96. The third-order valence-electron chi connectivity index (χ3n) is 11.3. The highest BCUT2D eigenvalue weighted by molar-refractivity contribution is 6.05. The van der Waals surface area contributed by atoms with Gasteiger partial charge in [-0.25, -0.2) is 0 Å². The summed E-state index contributed by atoms with van der Waals surface area (Å²) in [5, 5.41) is 6.32. The highest BCUT2D eigenvalue weighted by Crippen LogP contribution is 2.45. The summed E-state index contributed by atoms with van der Waals surface area (Å²) >= 11 is 0. The van der Waals surface area contributed by atoms with Gasteiger partial charge in [0.1, 0.15) is 0 Å². The molecule has 0 bridgehead atoms. The van der Waals surface area contributed by atoms with Crippen LogP contribution in [0.4, 0.5) is 0 Å². The smallest absolute Gasteiger partial charge is 0.00142 e. The quantitative estimate of drug-likeness (QED) is 0.127. The highest BCUT2D eigenvalue weighted by atomic mass is 14.3. The first kappa shape index (κ1) is 32.8. The van der Waals surface area contributed by atoms with E-state index in [1.165, 1.54) is 99.3 Å². The van der Waals surface area contributed by atoms with E-state index in [4.69, 9.17) is 0 Å². The summed E-state index contributed by atoms with van der Waals surface area (Å²) in [6, 6.07) is 5.45. The molecule has 0 amide bonds. The molecule has 4 aromatic carbocycles. The molecule has 5 rings (SSSR count). The minimum atomic E-state index is 1.11. The Labute approximate surface area is 270 Å². The van der Waals surface area contributed by atoms with E-state index in [1.54, 1.807) is 77.2 Å².